The number of carbonyl (C=O) groups is 1. The Balaban J connectivity index is 1.23. The molecule has 0 saturated carbocycles. The Kier molecular flexibility index (Phi) is 7.42. The van der Waals surface area contributed by atoms with E-state index in [4.69, 9.17) is 14.7 Å². The van der Waals surface area contributed by atoms with E-state index in [2.05, 4.69) is 53.4 Å². The van der Waals surface area contributed by atoms with Crippen molar-refractivity contribution in [1.29, 1.82) is 0 Å². The van der Waals surface area contributed by atoms with Gasteiger partial charge in [0.2, 0.25) is 0 Å². The summed E-state index contributed by atoms with van der Waals surface area (Å²) in [6.07, 6.45) is 6.27. The van der Waals surface area contributed by atoms with Gasteiger partial charge in [-0.25, -0.2) is 0 Å². The van der Waals surface area contributed by atoms with E-state index in [0.29, 0.717) is 5.92 Å². The number of benzene rings is 1. The number of hydrazone groups is 1. The summed E-state index contributed by atoms with van der Waals surface area (Å²) in [5.74, 6) is -0.174. The van der Waals surface area contributed by atoms with E-state index in [-0.39, 0.29) is 24.9 Å². The molecule has 4 rings (SSSR count). The average Bonchev–Trinajstić information content (AvgIpc) is 3.21. The van der Waals surface area contributed by atoms with Gasteiger partial charge in [0.1, 0.15) is 6.10 Å². The molecule has 0 aliphatic carbocycles. The van der Waals surface area contributed by atoms with Crippen LogP contribution in [0, 0.1) is 5.92 Å². The first kappa shape index (κ1) is 22.7. The van der Waals surface area contributed by atoms with Crippen LogP contribution in [0.2, 0.25) is 0 Å². The van der Waals surface area contributed by atoms with Crippen LogP contribution in [0.4, 0.5) is 0 Å². The standard InChI is InChI=1S/C24H34N4O4/c1-17-14-28(15-18(2)31-17)25-13-20-3-5-21(6-4-20)23-12-22(32-26-23)11-19-7-9-27(10-8-19)16-24(29)30/h3-6,13,17-19,22H,7-12,14-16H2,1-2H3,(H,29,30). The molecule has 3 heterocycles. The number of ether oxygens (including phenoxy) is 1. The summed E-state index contributed by atoms with van der Waals surface area (Å²) in [6.45, 7) is 7.62. The number of nitrogens with zero attached hydrogens (tertiary/aromatic N) is 4. The average molecular weight is 443 g/mol. The third kappa shape index (κ3) is 6.29. The lowest BCUT2D eigenvalue weighted by atomic mass is 9.89. The summed E-state index contributed by atoms with van der Waals surface area (Å²) in [5, 5.41) is 20.0. The van der Waals surface area contributed by atoms with Crippen LogP contribution in [0.3, 0.4) is 0 Å². The third-order valence-corrected chi connectivity index (χ3v) is 6.41. The van der Waals surface area contributed by atoms with E-state index in [0.717, 1.165) is 68.7 Å². The second-order valence-corrected chi connectivity index (χ2v) is 9.31. The molecular weight excluding hydrogens is 408 g/mol. The minimum Gasteiger partial charge on any atom is -0.480 e. The minimum absolute atomic E-state index is 0.118. The van der Waals surface area contributed by atoms with Crippen LogP contribution in [0.5, 0.6) is 0 Å². The summed E-state index contributed by atoms with van der Waals surface area (Å²) in [4.78, 5) is 18.6. The molecule has 3 atom stereocenters. The normalized spacial score (nSPS) is 27.5. The highest BCUT2D eigenvalue weighted by atomic mass is 16.6. The number of piperidine rings is 1. The SMILES string of the molecule is CC1CN(N=Cc2ccc(C3=NOC(CC4CCN(CC(=O)O)CC4)C3)cc2)CC(C)O1. The number of hydrogen-bond acceptors (Lipinski definition) is 7. The summed E-state index contributed by atoms with van der Waals surface area (Å²) in [7, 11) is 0. The molecule has 174 valence electrons. The molecule has 0 radical (unpaired) electrons. The van der Waals surface area contributed by atoms with Gasteiger partial charge in [-0.1, -0.05) is 29.4 Å². The Labute approximate surface area is 189 Å². The number of likely N-dealkylation sites (tertiary alicyclic amines) is 1. The van der Waals surface area contributed by atoms with Crippen LogP contribution in [-0.2, 0) is 14.4 Å². The van der Waals surface area contributed by atoms with E-state index < -0.39 is 5.97 Å². The number of aliphatic carboxylic acids is 1. The predicted molar refractivity (Wildman–Crippen MR) is 123 cm³/mol. The highest BCUT2D eigenvalue weighted by molar-refractivity contribution is 6.01. The molecule has 0 aromatic heterocycles. The van der Waals surface area contributed by atoms with Gasteiger partial charge in [-0.2, -0.15) is 5.10 Å². The van der Waals surface area contributed by atoms with Crippen molar-refractivity contribution < 1.29 is 19.5 Å². The van der Waals surface area contributed by atoms with E-state index in [1.165, 1.54) is 0 Å². The molecule has 3 unspecified atom stereocenters. The number of oxime groups is 1. The van der Waals surface area contributed by atoms with Gasteiger partial charge in [0.15, 0.2) is 0 Å². The van der Waals surface area contributed by atoms with Gasteiger partial charge in [-0.3, -0.25) is 14.7 Å². The minimum atomic E-state index is -0.747. The highest BCUT2D eigenvalue weighted by Crippen LogP contribution is 2.28. The zero-order valence-corrected chi connectivity index (χ0v) is 19.0. The molecule has 8 heteroatoms. The molecule has 3 aliphatic rings. The summed E-state index contributed by atoms with van der Waals surface area (Å²) in [5.41, 5.74) is 3.15. The Morgan fingerprint density at radius 2 is 1.88 bits per heavy atom. The quantitative estimate of drug-likeness (QED) is 0.654. The fraction of sp³-hybridized carbons (Fsp3) is 0.625. The van der Waals surface area contributed by atoms with Gasteiger partial charge >= 0.3 is 5.97 Å². The molecule has 3 aliphatic heterocycles. The first-order valence-corrected chi connectivity index (χ1v) is 11.7. The van der Waals surface area contributed by atoms with E-state index in [9.17, 15) is 4.79 Å². The fourth-order valence-electron chi connectivity index (χ4n) is 4.82. The number of hydrogen-bond donors (Lipinski definition) is 1. The lowest BCUT2D eigenvalue weighted by Gasteiger charge is -2.33. The lowest BCUT2D eigenvalue weighted by molar-refractivity contribution is -0.138. The van der Waals surface area contributed by atoms with Crippen LogP contribution in [0.15, 0.2) is 34.5 Å². The van der Waals surface area contributed by atoms with Crippen LogP contribution in [0.1, 0.15) is 50.7 Å². The second-order valence-electron chi connectivity index (χ2n) is 9.31. The lowest BCUT2D eigenvalue weighted by Crippen LogP contribution is -2.42. The van der Waals surface area contributed by atoms with Crippen LogP contribution in [0.25, 0.3) is 0 Å². The number of morpholine rings is 1. The summed E-state index contributed by atoms with van der Waals surface area (Å²) >= 11 is 0. The molecule has 2 saturated heterocycles. The number of rotatable bonds is 7. The zero-order chi connectivity index (χ0) is 22.5. The molecule has 8 nitrogen and oxygen atoms in total. The van der Waals surface area contributed by atoms with Crippen molar-refractivity contribution in [3.8, 4) is 0 Å². The molecule has 0 bridgehead atoms. The van der Waals surface area contributed by atoms with Crippen molar-refractivity contribution in [2.75, 3.05) is 32.7 Å². The molecular formula is C24H34N4O4. The Morgan fingerprint density at radius 3 is 2.53 bits per heavy atom. The smallest absolute Gasteiger partial charge is 0.317 e. The van der Waals surface area contributed by atoms with E-state index in [1.54, 1.807) is 0 Å². The van der Waals surface area contributed by atoms with E-state index in [1.807, 2.05) is 11.1 Å². The van der Waals surface area contributed by atoms with Crippen LogP contribution >= 0.6 is 0 Å². The summed E-state index contributed by atoms with van der Waals surface area (Å²) < 4.78 is 5.75. The zero-order valence-electron chi connectivity index (χ0n) is 19.0. The molecule has 2 fully saturated rings. The Hall–Kier alpha value is -2.45. The van der Waals surface area contributed by atoms with Crippen molar-refractivity contribution in [2.24, 2.45) is 16.2 Å². The van der Waals surface area contributed by atoms with Gasteiger partial charge in [-0.15, -0.1) is 0 Å². The Morgan fingerprint density at radius 1 is 1.19 bits per heavy atom. The largest absolute Gasteiger partial charge is 0.480 e. The fourth-order valence-corrected chi connectivity index (χ4v) is 4.82. The van der Waals surface area contributed by atoms with Crippen molar-refractivity contribution in [3.05, 3.63) is 35.4 Å². The highest BCUT2D eigenvalue weighted by Gasteiger charge is 2.28. The van der Waals surface area contributed by atoms with Crippen molar-refractivity contribution in [3.63, 3.8) is 0 Å². The summed E-state index contributed by atoms with van der Waals surface area (Å²) in [6, 6.07) is 8.31. The van der Waals surface area contributed by atoms with Crippen molar-refractivity contribution >= 4 is 17.9 Å². The number of carboxylic acid groups (broad SMARTS) is 1. The van der Waals surface area contributed by atoms with Gasteiger partial charge in [0.25, 0.3) is 0 Å². The maximum absolute atomic E-state index is 10.9. The van der Waals surface area contributed by atoms with Crippen molar-refractivity contribution in [2.45, 2.75) is 57.8 Å². The Bertz CT molecular complexity index is 823. The van der Waals surface area contributed by atoms with Gasteiger partial charge in [0, 0.05) is 6.42 Å². The maximum Gasteiger partial charge on any atom is 0.317 e. The number of carboxylic acids is 1. The van der Waals surface area contributed by atoms with Gasteiger partial charge < -0.3 is 14.7 Å². The molecule has 1 aromatic rings. The molecule has 0 amide bonds. The molecule has 1 aromatic carbocycles. The van der Waals surface area contributed by atoms with Gasteiger partial charge in [-0.05, 0) is 63.2 Å². The topological polar surface area (TPSA) is 87.0 Å². The van der Waals surface area contributed by atoms with Gasteiger partial charge in [0.05, 0.1) is 43.8 Å². The second kappa shape index (κ2) is 10.4. The third-order valence-electron chi connectivity index (χ3n) is 6.41. The van der Waals surface area contributed by atoms with Crippen molar-refractivity contribution in [1.82, 2.24) is 9.91 Å². The molecule has 1 N–H and O–H groups in total. The maximum atomic E-state index is 10.9. The molecule has 32 heavy (non-hydrogen) atoms. The first-order valence-electron chi connectivity index (χ1n) is 11.7. The van der Waals surface area contributed by atoms with Crippen LogP contribution < -0.4 is 0 Å². The van der Waals surface area contributed by atoms with E-state index >= 15 is 0 Å². The van der Waals surface area contributed by atoms with Crippen LogP contribution in [-0.4, -0.2) is 83.9 Å². The monoisotopic (exact) mass is 442 g/mol. The predicted octanol–water partition coefficient (Wildman–Crippen LogP) is 2.81. The molecule has 0 spiro atoms. The first-order chi connectivity index (χ1) is 15.4.